The second-order valence-electron chi connectivity index (χ2n) is 6.16. The van der Waals surface area contributed by atoms with Crippen molar-refractivity contribution in [3.05, 3.63) is 0 Å². The summed E-state index contributed by atoms with van der Waals surface area (Å²) >= 11 is 0. The fourth-order valence-electron chi connectivity index (χ4n) is 2.60. The van der Waals surface area contributed by atoms with E-state index in [-0.39, 0.29) is 6.61 Å². The molecule has 3 heteroatoms. The number of alkyl halides is 1. The maximum absolute atomic E-state index is 11.7. The lowest BCUT2D eigenvalue weighted by Crippen LogP contribution is -2.06. The smallest absolute Gasteiger partial charge is 0.113 e. The number of halogens is 1. The van der Waals surface area contributed by atoms with Crippen LogP contribution < -0.4 is 0 Å². The molecule has 0 bridgehead atoms. The molecule has 0 saturated heterocycles. The molecule has 0 N–H and O–H groups in total. The number of hydrogen-bond donors (Lipinski definition) is 0. The van der Waals surface area contributed by atoms with Gasteiger partial charge in [0, 0.05) is 6.61 Å². The zero-order valence-corrected chi connectivity index (χ0v) is 14.9. The van der Waals surface area contributed by atoms with Gasteiger partial charge >= 0.3 is 0 Å². The molecule has 134 valence electrons. The Hall–Kier alpha value is -0.150. The van der Waals surface area contributed by atoms with Crippen molar-refractivity contribution in [2.75, 3.05) is 33.1 Å². The summed E-state index contributed by atoms with van der Waals surface area (Å²) in [6.45, 7) is 3.99. The van der Waals surface area contributed by atoms with Crippen molar-refractivity contribution in [1.29, 1.82) is 0 Å². The summed E-state index contributed by atoms with van der Waals surface area (Å²) in [6.07, 6.45) is 17.8. The Balaban J connectivity index is 2.91. The van der Waals surface area contributed by atoms with Crippen LogP contribution in [0.1, 0.15) is 90.4 Å². The maximum Gasteiger partial charge on any atom is 0.113 e. The van der Waals surface area contributed by atoms with Crippen molar-refractivity contribution in [2.45, 2.75) is 90.4 Å². The van der Waals surface area contributed by atoms with Gasteiger partial charge in [0.15, 0.2) is 0 Å². The van der Waals surface area contributed by atoms with E-state index in [1.807, 2.05) is 0 Å². The van der Waals surface area contributed by atoms with Crippen LogP contribution in [-0.4, -0.2) is 33.1 Å². The number of hydrogen-bond acceptors (Lipinski definition) is 2. The van der Waals surface area contributed by atoms with Crippen LogP contribution in [0.4, 0.5) is 4.39 Å². The summed E-state index contributed by atoms with van der Waals surface area (Å²) in [4.78, 5) is 0. The van der Waals surface area contributed by atoms with Gasteiger partial charge in [0.05, 0.1) is 19.8 Å². The molecule has 0 saturated carbocycles. The van der Waals surface area contributed by atoms with Crippen LogP contribution in [0.15, 0.2) is 0 Å². The SMILES string of the molecule is CCCCCCCCCCCCCCCOCCOCCF. The molecule has 22 heavy (non-hydrogen) atoms. The lowest BCUT2D eigenvalue weighted by Gasteiger charge is -2.05. The molecular weight excluding hydrogens is 279 g/mol. The Labute approximate surface area is 138 Å². The zero-order valence-electron chi connectivity index (χ0n) is 14.9. The van der Waals surface area contributed by atoms with E-state index in [0.29, 0.717) is 13.2 Å². The molecule has 0 heterocycles. The average Bonchev–Trinajstić information content (AvgIpc) is 2.54. The van der Waals surface area contributed by atoms with Crippen molar-refractivity contribution in [3.63, 3.8) is 0 Å². The largest absolute Gasteiger partial charge is 0.379 e. The normalized spacial score (nSPS) is 11.2. The number of rotatable bonds is 19. The third-order valence-electron chi connectivity index (χ3n) is 3.99. The molecule has 0 aromatic heterocycles. The minimum atomic E-state index is -0.404. The summed E-state index contributed by atoms with van der Waals surface area (Å²) in [6, 6.07) is 0. The molecule has 0 rings (SSSR count). The second-order valence-corrected chi connectivity index (χ2v) is 6.16. The quantitative estimate of drug-likeness (QED) is 0.269. The van der Waals surface area contributed by atoms with Gasteiger partial charge in [0.2, 0.25) is 0 Å². The summed E-state index contributed by atoms with van der Waals surface area (Å²) in [5.41, 5.74) is 0. The van der Waals surface area contributed by atoms with E-state index in [1.54, 1.807) is 0 Å². The van der Waals surface area contributed by atoms with E-state index in [2.05, 4.69) is 6.92 Å². The fourth-order valence-corrected chi connectivity index (χ4v) is 2.60. The molecule has 0 radical (unpaired) electrons. The van der Waals surface area contributed by atoms with Gasteiger partial charge in [-0.25, -0.2) is 4.39 Å². The topological polar surface area (TPSA) is 18.5 Å². The molecule has 0 unspecified atom stereocenters. The Bertz CT molecular complexity index is 168. The molecule has 0 aliphatic rings. The van der Waals surface area contributed by atoms with Crippen LogP contribution in [0.5, 0.6) is 0 Å². The van der Waals surface area contributed by atoms with Crippen molar-refractivity contribution in [3.8, 4) is 0 Å². The first-order chi connectivity index (χ1) is 10.9. The first kappa shape index (κ1) is 21.9. The van der Waals surface area contributed by atoms with E-state index in [0.717, 1.165) is 13.0 Å². The van der Waals surface area contributed by atoms with E-state index >= 15 is 0 Å². The van der Waals surface area contributed by atoms with Crippen molar-refractivity contribution < 1.29 is 13.9 Å². The van der Waals surface area contributed by atoms with Crippen LogP contribution in [0.25, 0.3) is 0 Å². The molecule has 0 aliphatic carbocycles. The van der Waals surface area contributed by atoms with Crippen LogP contribution in [0.2, 0.25) is 0 Å². The van der Waals surface area contributed by atoms with Gasteiger partial charge in [-0.2, -0.15) is 0 Å². The standard InChI is InChI=1S/C19H39FO2/c1-2-3-4-5-6-7-8-9-10-11-12-13-14-16-21-18-19-22-17-15-20/h2-19H2,1H3. The van der Waals surface area contributed by atoms with Crippen LogP contribution in [0, 0.1) is 0 Å². The van der Waals surface area contributed by atoms with Gasteiger partial charge in [-0.3, -0.25) is 0 Å². The van der Waals surface area contributed by atoms with E-state index < -0.39 is 6.67 Å². The molecular formula is C19H39FO2. The van der Waals surface area contributed by atoms with Crippen molar-refractivity contribution >= 4 is 0 Å². The third kappa shape index (κ3) is 19.9. The van der Waals surface area contributed by atoms with Crippen LogP contribution in [-0.2, 0) is 9.47 Å². The average molecular weight is 319 g/mol. The summed E-state index contributed by atoms with van der Waals surface area (Å²) in [5.74, 6) is 0. The third-order valence-corrected chi connectivity index (χ3v) is 3.99. The van der Waals surface area contributed by atoms with Crippen molar-refractivity contribution in [1.82, 2.24) is 0 Å². The Morgan fingerprint density at radius 1 is 0.500 bits per heavy atom. The van der Waals surface area contributed by atoms with E-state index in [9.17, 15) is 4.39 Å². The Morgan fingerprint density at radius 3 is 1.36 bits per heavy atom. The highest BCUT2D eigenvalue weighted by Crippen LogP contribution is 2.12. The van der Waals surface area contributed by atoms with Gasteiger partial charge in [0.25, 0.3) is 0 Å². The van der Waals surface area contributed by atoms with Crippen LogP contribution in [0.3, 0.4) is 0 Å². The first-order valence-electron chi connectivity index (χ1n) is 9.63. The molecule has 0 fully saturated rings. The first-order valence-corrected chi connectivity index (χ1v) is 9.63. The number of ether oxygens (including phenoxy) is 2. The molecule has 2 nitrogen and oxygen atoms in total. The molecule has 0 aromatic carbocycles. The summed E-state index contributed by atoms with van der Waals surface area (Å²) < 4.78 is 22.2. The molecule has 0 aliphatic heterocycles. The predicted octanol–water partition coefficient (Wildman–Crippen LogP) is 6.08. The Kier molecular flexibility index (Phi) is 20.7. The monoisotopic (exact) mass is 318 g/mol. The lowest BCUT2D eigenvalue weighted by atomic mass is 10.0. The highest BCUT2D eigenvalue weighted by molar-refractivity contribution is 4.49. The van der Waals surface area contributed by atoms with Crippen LogP contribution >= 0.6 is 0 Å². The minimum absolute atomic E-state index is 0.197. The van der Waals surface area contributed by atoms with E-state index in [1.165, 1.54) is 77.0 Å². The second kappa shape index (κ2) is 20.9. The molecule has 0 amide bonds. The highest BCUT2D eigenvalue weighted by atomic mass is 19.1. The van der Waals surface area contributed by atoms with Gasteiger partial charge in [-0.05, 0) is 6.42 Å². The number of unbranched alkanes of at least 4 members (excludes halogenated alkanes) is 12. The van der Waals surface area contributed by atoms with E-state index in [4.69, 9.17) is 9.47 Å². The molecule has 0 atom stereocenters. The maximum atomic E-state index is 11.7. The summed E-state index contributed by atoms with van der Waals surface area (Å²) in [5, 5.41) is 0. The summed E-state index contributed by atoms with van der Waals surface area (Å²) in [7, 11) is 0. The molecule has 0 spiro atoms. The molecule has 0 aromatic rings. The van der Waals surface area contributed by atoms with Gasteiger partial charge in [-0.1, -0.05) is 84.0 Å². The van der Waals surface area contributed by atoms with Gasteiger partial charge in [-0.15, -0.1) is 0 Å². The lowest BCUT2D eigenvalue weighted by molar-refractivity contribution is 0.0415. The zero-order chi connectivity index (χ0) is 16.1. The predicted molar refractivity (Wildman–Crippen MR) is 93.3 cm³/mol. The van der Waals surface area contributed by atoms with Crippen molar-refractivity contribution in [2.24, 2.45) is 0 Å². The highest BCUT2D eigenvalue weighted by Gasteiger charge is 1.94. The Morgan fingerprint density at radius 2 is 0.909 bits per heavy atom. The van der Waals surface area contributed by atoms with Gasteiger partial charge in [0.1, 0.15) is 6.67 Å². The van der Waals surface area contributed by atoms with Gasteiger partial charge < -0.3 is 9.47 Å². The minimum Gasteiger partial charge on any atom is -0.379 e. The fraction of sp³-hybridized carbons (Fsp3) is 1.00.